The predicted octanol–water partition coefficient (Wildman–Crippen LogP) is 2.65. The highest BCUT2D eigenvalue weighted by Gasteiger charge is 2.41. The molecule has 0 amide bonds. The van der Waals surface area contributed by atoms with E-state index in [1.54, 1.807) is 32.1 Å². The fourth-order valence-corrected chi connectivity index (χ4v) is 3.65. The highest BCUT2D eigenvalue weighted by molar-refractivity contribution is 5.02. The monoisotopic (exact) mass is 135 g/mol. The summed E-state index contributed by atoms with van der Waals surface area (Å²) in [6.45, 7) is 0. The van der Waals surface area contributed by atoms with Gasteiger partial charge in [0.05, 0.1) is 0 Å². The second-order valence-electron chi connectivity index (χ2n) is 4.62. The van der Waals surface area contributed by atoms with Crippen LogP contribution >= 0.6 is 0 Å². The van der Waals surface area contributed by atoms with Gasteiger partial charge in [0.15, 0.2) is 0 Å². The number of hydrogen-bond donors (Lipinski definition) is 0. The van der Waals surface area contributed by atoms with Gasteiger partial charge < -0.3 is 0 Å². The van der Waals surface area contributed by atoms with Gasteiger partial charge in [-0.05, 0) is 62.2 Å². The first-order valence-electron chi connectivity index (χ1n) is 4.75. The average Bonchev–Trinajstić information content (AvgIpc) is 1.82. The van der Waals surface area contributed by atoms with E-state index in [2.05, 4.69) is 6.42 Å². The Hall–Kier alpha value is 0. The van der Waals surface area contributed by atoms with Crippen molar-refractivity contribution in [2.45, 2.75) is 32.1 Å². The lowest BCUT2D eigenvalue weighted by molar-refractivity contribution is 0.0649. The van der Waals surface area contributed by atoms with Crippen LogP contribution in [0.2, 0.25) is 0 Å². The molecule has 55 valence electrons. The minimum Gasteiger partial charge on any atom is -0.0475 e. The van der Waals surface area contributed by atoms with Crippen LogP contribution in [0.25, 0.3) is 0 Å². The Balaban J connectivity index is 1.90. The Bertz CT molecular complexity index is 91.6. The summed E-state index contributed by atoms with van der Waals surface area (Å²) in [7, 11) is 0. The van der Waals surface area contributed by atoms with Gasteiger partial charge in [-0.3, -0.25) is 0 Å². The zero-order chi connectivity index (χ0) is 6.55. The molecule has 0 spiro atoms. The van der Waals surface area contributed by atoms with Crippen molar-refractivity contribution < 1.29 is 0 Å². The predicted molar refractivity (Wildman–Crippen MR) is 41.3 cm³/mol. The van der Waals surface area contributed by atoms with E-state index in [1.807, 2.05) is 0 Å². The summed E-state index contributed by atoms with van der Waals surface area (Å²) in [6.07, 6.45) is 10.4. The number of hydrogen-bond acceptors (Lipinski definition) is 0. The molecule has 0 aromatic heterocycles. The van der Waals surface area contributed by atoms with Gasteiger partial charge >= 0.3 is 0 Å². The molecule has 4 fully saturated rings. The van der Waals surface area contributed by atoms with Crippen LogP contribution in [-0.2, 0) is 0 Å². The summed E-state index contributed by atoms with van der Waals surface area (Å²) < 4.78 is 0. The second kappa shape index (κ2) is 1.78. The maximum absolute atomic E-state index is 2.66. The zero-order valence-corrected chi connectivity index (χ0v) is 6.42. The number of rotatable bonds is 0. The minimum absolute atomic E-state index is 1.05. The van der Waals surface area contributed by atoms with Crippen LogP contribution in [-0.4, -0.2) is 0 Å². The molecule has 0 unspecified atom stereocenters. The molecule has 0 atom stereocenters. The van der Waals surface area contributed by atoms with Crippen LogP contribution in [0.1, 0.15) is 32.1 Å². The summed E-state index contributed by atoms with van der Waals surface area (Å²) in [6, 6.07) is 0. The molecule has 10 heavy (non-hydrogen) atoms. The molecule has 4 bridgehead atoms. The smallest absolute Gasteiger partial charge is 0.0323 e. The average molecular weight is 135 g/mol. The highest BCUT2D eigenvalue weighted by atomic mass is 14.5. The van der Waals surface area contributed by atoms with Crippen LogP contribution in [0, 0.1) is 30.1 Å². The molecular weight excluding hydrogens is 120 g/mol. The van der Waals surface area contributed by atoms with Gasteiger partial charge in [-0.15, -0.1) is 0 Å². The van der Waals surface area contributed by atoms with E-state index in [-0.39, 0.29) is 0 Å². The van der Waals surface area contributed by atoms with Crippen LogP contribution in [0.15, 0.2) is 0 Å². The van der Waals surface area contributed by atoms with E-state index < -0.39 is 0 Å². The Kier molecular flexibility index (Phi) is 1.00. The summed E-state index contributed by atoms with van der Waals surface area (Å²) in [5.41, 5.74) is 0. The van der Waals surface area contributed by atoms with E-state index in [9.17, 15) is 0 Å². The minimum atomic E-state index is 1.05. The van der Waals surface area contributed by atoms with Gasteiger partial charge in [0, 0.05) is 0 Å². The maximum Gasteiger partial charge on any atom is -0.0323 e. The molecule has 0 aromatic carbocycles. The van der Waals surface area contributed by atoms with Crippen molar-refractivity contribution in [2.24, 2.45) is 23.7 Å². The fraction of sp³-hybridized carbons (Fsp3) is 0.900. The third-order valence-corrected chi connectivity index (χ3v) is 3.76. The molecule has 0 nitrogen and oxygen atoms in total. The maximum atomic E-state index is 2.66. The lowest BCUT2D eigenvalue weighted by Gasteiger charge is -2.49. The van der Waals surface area contributed by atoms with Crippen molar-refractivity contribution >= 4 is 0 Å². The zero-order valence-electron chi connectivity index (χ0n) is 6.42. The van der Waals surface area contributed by atoms with Crippen molar-refractivity contribution in [1.82, 2.24) is 0 Å². The Morgan fingerprint density at radius 1 is 0.700 bits per heavy atom. The van der Waals surface area contributed by atoms with Crippen molar-refractivity contribution in [2.75, 3.05) is 0 Å². The van der Waals surface area contributed by atoms with Gasteiger partial charge in [0.1, 0.15) is 0 Å². The molecule has 0 aromatic rings. The van der Waals surface area contributed by atoms with Gasteiger partial charge in [0.2, 0.25) is 0 Å². The molecule has 4 aliphatic carbocycles. The summed E-state index contributed by atoms with van der Waals surface area (Å²) in [4.78, 5) is 0. The molecule has 0 heteroatoms. The molecule has 0 saturated heterocycles. The highest BCUT2D eigenvalue weighted by Crippen LogP contribution is 2.52. The van der Waals surface area contributed by atoms with E-state index in [0.29, 0.717) is 0 Å². The SMILES string of the molecule is [CH]1[C@H]2C[C@@H]3C[C@@H]1C[C@@H](C2)C3. The first-order valence-corrected chi connectivity index (χ1v) is 4.75. The molecule has 4 saturated carbocycles. The molecule has 4 rings (SSSR count). The van der Waals surface area contributed by atoms with E-state index >= 15 is 0 Å². The van der Waals surface area contributed by atoms with Crippen LogP contribution < -0.4 is 0 Å². The van der Waals surface area contributed by atoms with Crippen LogP contribution in [0.5, 0.6) is 0 Å². The van der Waals surface area contributed by atoms with E-state index in [4.69, 9.17) is 0 Å². The Morgan fingerprint density at radius 3 is 1.60 bits per heavy atom. The van der Waals surface area contributed by atoms with E-state index in [1.165, 1.54) is 0 Å². The summed E-state index contributed by atoms with van der Waals surface area (Å²) in [5.74, 6) is 4.40. The quantitative estimate of drug-likeness (QED) is 0.479. The van der Waals surface area contributed by atoms with Crippen LogP contribution in [0.3, 0.4) is 0 Å². The van der Waals surface area contributed by atoms with Crippen molar-refractivity contribution in [3.63, 3.8) is 0 Å². The molecule has 0 N–H and O–H groups in total. The lowest BCUT2D eigenvalue weighted by Crippen LogP contribution is -2.38. The topological polar surface area (TPSA) is 0 Å². The molecular formula is C10H15. The lowest BCUT2D eigenvalue weighted by atomic mass is 9.56. The normalized spacial score (nSPS) is 57.6. The van der Waals surface area contributed by atoms with Gasteiger partial charge in [-0.25, -0.2) is 0 Å². The third-order valence-electron chi connectivity index (χ3n) is 3.76. The molecule has 0 aliphatic heterocycles. The van der Waals surface area contributed by atoms with Crippen LogP contribution in [0.4, 0.5) is 0 Å². The van der Waals surface area contributed by atoms with Crippen molar-refractivity contribution in [3.05, 3.63) is 6.42 Å². The molecule has 4 aliphatic rings. The van der Waals surface area contributed by atoms with Crippen molar-refractivity contribution in [3.8, 4) is 0 Å². The largest absolute Gasteiger partial charge is 0.0475 e. The third kappa shape index (κ3) is 0.681. The fourth-order valence-electron chi connectivity index (χ4n) is 3.65. The van der Waals surface area contributed by atoms with Crippen molar-refractivity contribution in [1.29, 1.82) is 0 Å². The molecule has 0 heterocycles. The first-order chi connectivity index (χ1) is 4.90. The summed E-state index contributed by atoms with van der Waals surface area (Å²) in [5, 5.41) is 0. The standard InChI is InChI=1S/C10H15/c1-7-2-9-4-8(1)5-10(3-7)6-9/h1,7-10H,2-6H2/t7-,8+,9-,10-. The molecule has 1 radical (unpaired) electrons. The van der Waals surface area contributed by atoms with Gasteiger partial charge in [0.25, 0.3) is 0 Å². The van der Waals surface area contributed by atoms with Gasteiger partial charge in [-0.1, -0.05) is 0 Å². The summed E-state index contributed by atoms with van der Waals surface area (Å²) >= 11 is 0. The van der Waals surface area contributed by atoms with Gasteiger partial charge in [-0.2, -0.15) is 0 Å². The second-order valence-corrected chi connectivity index (χ2v) is 4.62. The first kappa shape index (κ1) is 5.62. The Morgan fingerprint density at radius 2 is 1.20 bits per heavy atom. The Labute approximate surface area is 63.0 Å². The van der Waals surface area contributed by atoms with E-state index in [0.717, 1.165) is 23.7 Å².